The Hall–Kier alpha value is -3.03. The molecule has 3 aromatic rings. The molecule has 0 heterocycles. The first-order chi connectivity index (χ1) is 13.9. The predicted octanol–water partition coefficient (Wildman–Crippen LogP) is 4.60. The lowest BCUT2D eigenvalue weighted by Gasteiger charge is -2.10. The van der Waals surface area contributed by atoms with Crippen LogP contribution in [0.3, 0.4) is 0 Å². The quantitative estimate of drug-likeness (QED) is 0.512. The molecule has 0 saturated carbocycles. The third-order valence-corrected chi connectivity index (χ3v) is 5.49. The lowest BCUT2D eigenvalue weighted by molar-refractivity contribution is 0.251. The number of anilines is 2. The van der Waals surface area contributed by atoms with Crippen LogP contribution in [-0.2, 0) is 22.3 Å². The number of para-hydroxylation sites is 1. The lowest BCUT2D eigenvalue weighted by Crippen LogP contribution is -2.28. The molecule has 0 aliphatic rings. The smallest absolute Gasteiger partial charge is 0.319 e. The van der Waals surface area contributed by atoms with Crippen LogP contribution in [0.4, 0.5) is 16.2 Å². The van der Waals surface area contributed by atoms with Crippen molar-refractivity contribution in [2.45, 2.75) is 12.3 Å². The summed E-state index contributed by atoms with van der Waals surface area (Å²) >= 11 is 5.83. The maximum absolute atomic E-state index is 12.3. The molecule has 0 bridgehead atoms. The summed E-state index contributed by atoms with van der Waals surface area (Å²) in [4.78, 5) is 12.0. The van der Waals surface area contributed by atoms with Gasteiger partial charge >= 0.3 is 6.03 Å². The molecule has 150 valence electrons. The van der Waals surface area contributed by atoms with Gasteiger partial charge in [-0.1, -0.05) is 54.1 Å². The molecule has 0 unspecified atom stereocenters. The fraction of sp³-hybridized carbons (Fsp3) is 0.0952. The first kappa shape index (κ1) is 20.7. The number of nitrogens with one attached hydrogen (secondary N) is 3. The van der Waals surface area contributed by atoms with Crippen molar-refractivity contribution >= 4 is 39.0 Å². The van der Waals surface area contributed by atoms with Crippen LogP contribution in [0.25, 0.3) is 0 Å². The van der Waals surface area contributed by atoms with Gasteiger partial charge in [-0.2, -0.15) is 0 Å². The van der Waals surface area contributed by atoms with Crippen molar-refractivity contribution in [3.05, 3.63) is 95.0 Å². The van der Waals surface area contributed by atoms with E-state index in [1.165, 1.54) is 0 Å². The molecular formula is C21H20ClN3O3S. The predicted molar refractivity (Wildman–Crippen MR) is 116 cm³/mol. The second-order valence-electron chi connectivity index (χ2n) is 6.36. The Morgan fingerprint density at radius 1 is 0.793 bits per heavy atom. The number of urea groups is 1. The van der Waals surface area contributed by atoms with Crippen molar-refractivity contribution in [2.75, 3.05) is 10.0 Å². The number of sulfonamides is 1. The summed E-state index contributed by atoms with van der Waals surface area (Å²) in [5, 5.41) is 6.10. The van der Waals surface area contributed by atoms with E-state index in [2.05, 4.69) is 15.4 Å². The molecule has 29 heavy (non-hydrogen) atoms. The summed E-state index contributed by atoms with van der Waals surface area (Å²) in [5.74, 6) is -0.162. The molecule has 0 radical (unpaired) electrons. The fourth-order valence-corrected chi connectivity index (χ4v) is 3.91. The van der Waals surface area contributed by atoms with Gasteiger partial charge in [0.1, 0.15) is 0 Å². The Kier molecular flexibility index (Phi) is 6.74. The summed E-state index contributed by atoms with van der Waals surface area (Å²) in [6.45, 7) is 0.366. The summed E-state index contributed by atoms with van der Waals surface area (Å²) < 4.78 is 27.1. The zero-order chi connectivity index (χ0) is 20.7. The molecule has 0 aliphatic carbocycles. The Labute approximate surface area is 175 Å². The van der Waals surface area contributed by atoms with Gasteiger partial charge in [0.25, 0.3) is 0 Å². The topological polar surface area (TPSA) is 87.3 Å². The van der Waals surface area contributed by atoms with Crippen LogP contribution in [0.15, 0.2) is 78.9 Å². The number of benzene rings is 3. The minimum atomic E-state index is -3.53. The second-order valence-corrected chi connectivity index (χ2v) is 8.52. The van der Waals surface area contributed by atoms with E-state index in [1.54, 1.807) is 60.7 Å². The van der Waals surface area contributed by atoms with Gasteiger partial charge in [0, 0.05) is 22.9 Å². The molecule has 0 aromatic heterocycles. The number of rotatable bonds is 7. The number of hydrogen-bond donors (Lipinski definition) is 3. The first-order valence-electron chi connectivity index (χ1n) is 8.83. The fourth-order valence-electron chi connectivity index (χ4n) is 2.59. The van der Waals surface area contributed by atoms with E-state index in [4.69, 9.17) is 11.6 Å². The van der Waals surface area contributed by atoms with E-state index in [9.17, 15) is 13.2 Å². The SMILES string of the molecule is O=C(NCc1ccc(Cl)cc1)Nc1ccc(CS(=O)(=O)Nc2ccccc2)cc1. The summed E-state index contributed by atoms with van der Waals surface area (Å²) in [5.41, 5.74) is 2.62. The zero-order valence-electron chi connectivity index (χ0n) is 15.4. The Bertz CT molecular complexity index is 1050. The molecule has 2 amide bonds. The summed E-state index contributed by atoms with van der Waals surface area (Å²) in [7, 11) is -3.53. The van der Waals surface area contributed by atoms with E-state index in [0.717, 1.165) is 5.56 Å². The number of carbonyl (C=O) groups is 1. The molecule has 3 N–H and O–H groups in total. The number of carbonyl (C=O) groups excluding carboxylic acids is 1. The van der Waals surface area contributed by atoms with Crippen molar-refractivity contribution in [1.82, 2.24) is 5.32 Å². The molecule has 0 aliphatic heterocycles. The average Bonchev–Trinajstić information content (AvgIpc) is 2.69. The van der Waals surface area contributed by atoms with Gasteiger partial charge in [0.05, 0.1) is 5.75 Å². The highest BCUT2D eigenvalue weighted by atomic mass is 35.5. The largest absolute Gasteiger partial charge is 0.334 e. The zero-order valence-corrected chi connectivity index (χ0v) is 17.0. The third kappa shape index (κ3) is 6.81. The maximum atomic E-state index is 12.3. The first-order valence-corrected chi connectivity index (χ1v) is 10.9. The summed E-state index contributed by atoms with van der Waals surface area (Å²) in [6.07, 6.45) is 0. The molecule has 6 nitrogen and oxygen atoms in total. The minimum Gasteiger partial charge on any atom is -0.334 e. The average molecular weight is 430 g/mol. The molecule has 0 spiro atoms. The Morgan fingerprint density at radius 3 is 2.07 bits per heavy atom. The van der Waals surface area contributed by atoms with E-state index in [0.29, 0.717) is 28.5 Å². The lowest BCUT2D eigenvalue weighted by atomic mass is 10.2. The normalized spacial score (nSPS) is 10.9. The van der Waals surface area contributed by atoms with E-state index >= 15 is 0 Å². The van der Waals surface area contributed by atoms with Crippen LogP contribution in [-0.4, -0.2) is 14.4 Å². The third-order valence-electron chi connectivity index (χ3n) is 3.98. The van der Waals surface area contributed by atoms with Crippen LogP contribution in [0.1, 0.15) is 11.1 Å². The number of amides is 2. The highest BCUT2D eigenvalue weighted by molar-refractivity contribution is 7.91. The van der Waals surface area contributed by atoms with Crippen molar-refractivity contribution in [1.29, 1.82) is 0 Å². The van der Waals surface area contributed by atoms with Crippen LogP contribution in [0.5, 0.6) is 0 Å². The highest BCUT2D eigenvalue weighted by Gasteiger charge is 2.12. The minimum absolute atomic E-state index is 0.162. The van der Waals surface area contributed by atoms with Gasteiger partial charge in [0.2, 0.25) is 10.0 Å². The van der Waals surface area contributed by atoms with Gasteiger partial charge in [-0.25, -0.2) is 13.2 Å². The van der Waals surface area contributed by atoms with E-state index in [-0.39, 0.29) is 11.8 Å². The number of hydrogen-bond acceptors (Lipinski definition) is 3. The molecule has 0 fully saturated rings. The van der Waals surface area contributed by atoms with Crippen molar-refractivity contribution < 1.29 is 13.2 Å². The van der Waals surface area contributed by atoms with Crippen LogP contribution >= 0.6 is 11.6 Å². The summed E-state index contributed by atoms with van der Waals surface area (Å²) in [6, 6.07) is 22.2. The molecule has 8 heteroatoms. The van der Waals surface area contributed by atoms with Crippen molar-refractivity contribution in [3.63, 3.8) is 0 Å². The van der Waals surface area contributed by atoms with Crippen molar-refractivity contribution in [2.24, 2.45) is 0 Å². The van der Waals surface area contributed by atoms with Gasteiger partial charge in [0.15, 0.2) is 0 Å². The monoisotopic (exact) mass is 429 g/mol. The Morgan fingerprint density at radius 2 is 1.41 bits per heavy atom. The van der Waals surface area contributed by atoms with Crippen LogP contribution in [0, 0.1) is 0 Å². The van der Waals surface area contributed by atoms with E-state index in [1.807, 2.05) is 18.2 Å². The van der Waals surface area contributed by atoms with Gasteiger partial charge < -0.3 is 10.6 Å². The molecule has 0 atom stereocenters. The highest BCUT2D eigenvalue weighted by Crippen LogP contribution is 2.15. The Balaban J connectivity index is 1.51. The maximum Gasteiger partial charge on any atom is 0.319 e. The molecule has 3 rings (SSSR count). The molecule has 0 saturated heterocycles. The van der Waals surface area contributed by atoms with Crippen LogP contribution < -0.4 is 15.4 Å². The van der Waals surface area contributed by atoms with Gasteiger partial charge in [-0.3, -0.25) is 4.72 Å². The van der Waals surface area contributed by atoms with Crippen LogP contribution in [0.2, 0.25) is 5.02 Å². The second kappa shape index (κ2) is 9.45. The van der Waals surface area contributed by atoms with E-state index < -0.39 is 10.0 Å². The van der Waals surface area contributed by atoms with Gasteiger partial charge in [-0.15, -0.1) is 0 Å². The van der Waals surface area contributed by atoms with Crippen molar-refractivity contribution in [3.8, 4) is 0 Å². The molecular weight excluding hydrogens is 410 g/mol. The number of halogens is 1. The standard InChI is InChI=1S/C21H20ClN3O3S/c22-18-10-6-16(7-11-18)14-23-21(26)24-19-12-8-17(9-13-19)15-29(27,28)25-20-4-2-1-3-5-20/h1-13,25H,14-15H2,(H2,23,24,26). The van der Waals surface area contributed by atoms with Gasteiger partial charge in [-0.05, 0) is 47.5 Å². The molecule has 3 aromatic carbocycles.